The second-order valence-electron chi connectivity index (χ2n) is 7.83. The SMILES string of the molecule is CN(C(=O)CCNC(=O)OC(C)(C)C)C(C)(C)CN1CCOCC1. The zero-order chi connectivity index (χ0) is 18.4. The lowest BCUT2D eigenvalue weighted by Crippen LogP contribution is -2.54. The van der Waals surface area contributed by atoms with Crippen molar-refractivity contribution in [2.45, 2.75) is 52.2 Å². The van der Waals surface area contributed by atoms with Crippen molar-refractivity contribution in [2.75, 3.05) is 46.4 Å². The number of ether oxygens (including phenoxy) is 2. The van der Waals surface area contributed by atoms with Crippen LogP contribution in [-0.2, 0) is 14.3 Å². The van der Waals surface area contributed by atoms with Gasteiger partial charge in [-0.1, -0.05) is 0 Å². The Morgan fingerprint density at radius 1 is 1.17 bits per heavy atom. The first kappa shape index (κ1) is 20.7. The summed E-state index contributed by atoms with van der Waals surface area (Å²) in [5.74, 6) is 0.00400. The smallest absolute Gasteiger partial charge is 0.407 e. The Balaban J connectivity index is 2.38. The van der Waals surface area contributed by atoms with Gasteiger partial charge in [0.2, 0.25) is 5.91 Å². The van der Waals surface area contributed by atoms with E-state index in [9.17, 15) is 9.59 Å². The van der Waals surface area contributed by atoms with Crippen molar-refractivity contribution < 1.29 is 19.1 Å². The fourth-order valence-electron chi connectivity index (χ4n) is 2.50. The Kier molecular flexibility index (Phi) is 7.48. The molecule has 1 aliphatic rings. The number of morpholine rings is 1. The van der Waals surface area contributed by atoms with Crippen LogP contribution in [-0.4, -0.2) is 79.4 Å². The molecule has 2 amide bonds. The highest BCUT2D eigenvalue weighted by Crippen LogP contribution is 2.16. The minimum Gasteiger partial charge on any atom is -0.444 e. The summed E-state index contributed by atoms with van der Waals surface area (Å²) >= 11 is 0. The Morgan fingerprint density at radius 2 is 1.75 bits per heavy atom. The van der Waals surface area contributed by atoms with E-state index in [1.807, 2.05) is 7.05 Å². The molecule has 0 spiro atoms. The van der Waals surface area contributed by atoms with E-state index in [0.29, 0.717) is 0 Å². The molecule has 24 heavy (non-hydrogen) atoms. The third kappa shape index (κ3) is 7.49. The van der Waals surface area contributed by atoms with Crippen molar-refractivity contribution in [3.63, 3.8) is 0 Å². The second kappa shape index (κ2) is 8.67. The summed E-state index contributed by atoms with van der Waals surface area (Å²) < 4.78 is 10.5. The van der Waals surface area contributed by atoms with Crippen LogP contribution in [0.2, 0.25) is 0 Å². The monoisotopic (exact) mass is 343 g/mol. The van der Waals surface area contributed by atoms with Gasteiger partial charge in [0.15, 0.2) is 0 Å². The van der Waals surface area contributed by atoms with Gasteiger partial charge in [0.05, 0.1) is 13.2 Å². The summed E-state index contributed by atoms with van der Waals surface area (Å²) in [5, 5.41) is 2.62. The van der Waals surface area contributed by atoms with Gasteiger partial charge in [0.25, 0.3) is 0 Å². The standard InChI is InChI=1S/C17H33N3O4/c1-16(2,3)24-15(22)18-8-7-14(21)19(6)17(4,5)13-20-9-11-23-12-10-20/h7-13H2,1-6H3,(H,18,22). The van der Waals surface area contributed by atoms with E-state index in [-0.39, 0.29) is 24.4 Å². The summed E-state index contributed by atoms with van der Waals surface area (Å²) in [6.07, 6.45) is -0.243. The molecule has 7 heteroatoms. The summed E-state index contributed by atoms with van der Waals surface area (Å²) in [7, 11) is 1.82. The van der Waals surface area contributed by atoms with E-state index in [4.69, 9.17) is 9.47 Å². The fraction of sp³-hybridized carbons (Fsp3) is 0.882. The van der Waals surface area contributed by atoms with Gasteiger partial charge in [-0.15, -0.1) is 0 Å². The normalized spacial score (nSPS) is 16.6. The van der Waals surface area contributed by atoms with Crippen molar-refractivity contribution in [3.8, 4) is 0 Å². The van der Waals surface area contributed by atoms with Gasteiger partial charge in [0.1, 0.15) is 5.60 Å². The minimum absolute atomic E-state index is 0.00400. The maximum Gasteiger partial charge on any atom is 0.407 e. The van der Waals surface area contributed by atoms with Crippen LogP contribution in [0.15, 0.2) is 0 Å². The van der Waals surface area contributed by atoms with Gasteiger partial charge in [-0.25, -0.2) is 4.79 Å². The number of hydrogen-bond acceptors (Lipinski definition) is 5. The van der Waals surface area contributed by atoms with Gasteiger partial charge in [-0.05, 0) is 34.6 Å². The number of rotatable bonds is 6. The first-order valence-corrected chi connectivity index (χ1v) is 8.55. The molecule has 1 fully saturated rings. The number of nitrogens with zero attached hydrogens (tertiary/aromatic N) is 2. The Bertz CT molecular complexity index is 426. The van der Waals surface area contributed by atoms with Crippen molar-refractivity contribution >= 4 is 12.0 Å². The zero-order valence-electron chi connectivity index (χ0n) is 16.0. The van der Waals surface area contributed by atoms with E-state index in [0.717, 1.165) is 32.8 Å². The number of nitrogens with one attached hydrogen (secondary N) is 1. The Labute approximate surface area is 145 Å². The third-order valence-corrected chi connectivity index (χ3v) is 4.00. The first-order chi connectivity index (χ1) is 11.0. The molecule has 140 valence electrons. The molecular weight excluding hydrogens is 310 g/mol. The Morgan fingerprint density at radius 3 is 2.29 bits per heavy atom. The van der Waals surface area contributed by atoms with Gasteiger partial charge < -0.3 is 19.7 Å². The predicted molar refractivity (Wildman–Crippen MR) is 93.0 cm³/mol. The van der Waals surface area contributed by atoms with Crippen LogP contribution >= 0.6 is 0 Å². The van der Waals surface area contributed by atoms with Crippen molar-refractivity contribution in [3.05, 3.63) is 0 Å². The van der Waals surface area contributed by atoms with E-state index in [2.05, 4.69) is 24.1 Å². The van der Waals surface area contributed by atoms with E-state index >= 15 is 0 Å². The molecule has 0 saturated carbocycles. The van der Waals surface area contributed by atoms with Gasteiger partial charge >= 0.3 is 6.09 Å². The summed E-state index contributed by atoms with van der Waals surface area (Å²) in [4.78, 5) is 28.1. The van der Waals surface area contributed by atoms with E-state index in [1.54, 1.807) is 25.7 Å². The molecule has 0 radical (unpaired) electrons. The molecule has 0 atom stereocenters. The predicted octanol–water partition coefficient (Wildman–Crippen LogP) is 1.47. The number of alkyl carbamates (subject to hydrolysis) is 1. The highest BCUT2D eigenvalue weighted by Gasteiger charge is 2.30. The topological polar surface area (TPSA) is 71.1 Å². The van der Waals surface area contributed by atoms with Crippen LogP contribution in [0.3, 0.4) is 0 Å². The summed E-state index contributed by atoms with van der Waals surface area (Å²) in [6, 6.07) is 0. The number of carbonyl (C=O) groups excluding carboxylic acids is 2. The zero-order valence-corrected chi connectivity index (χ0v) is 16.0. The number of likely N-dealkylation sites (N-methyl/N-ethyl adjacent to an activating group) is 1. The molecule has 0 aromatic heterocycles. The third-order valence-electron chi connectivity index (χ3n) is 4.00. The van der Waals surface area contributed by atoms with Crippen LogP contribution in [0.25, 0.3) is 0 Å². The van der Waals surface area contributed by atoms with E-state index < -0.39 is 11.7 Å². The lowest BCUT2D eigenvalue weighted by molar-refractivity contribution is -0.135. The molecule has 0 aromatic carbocycles. The molecule has 1 rings (SSSR count). The molecule has 1 saturated heterocycles. The largest absolute Gasteiger partial charge is 0.444 e. The number of hydrogen-bond donors (Lipinski definition) is 1. The molecule has 0 aromatic rings. The van der Waals surface area contributed by atoms with Crippen LogP contribution < -0.4 is 5.32 Å². The fourth-order valence-corrected chi connectivity index (χ4v) is 2.50. The molecule has 0 bridgehead atoms. The van der Waals surface area contributed by atoms with Gasteiger partial charge in [0, 0.05) is 45.2 Å². The molecule has 0 aliphatic carbocycles. The van der Waals surface area contributed by atoms with Gasteiger partial charge in [-0.2, -0.15) is 0 Å². The average Bonchev–Trinajstić information content (AvgIpc) is 2.45. The van der Waals surface area contributed by atoms with Crippen LogP contribution in [0, 0.1) is 0 Å². The summed E-state index contributed by atoms with van der Waals surface area (Å²) in [6.45, 7) is 13.9. The van der Waals surface area contributed by atoms with Gasteiger partial charge in [-0.3, -0.25) is 9.69 Å². The first-order valence-electron chi connectivity index (χ1n) is 8.55. The highest BCUT2D eigenvalue weighted by atomic mass is 16.6. The van der Waals surface area contributed by atoms with Crippen LogP contribution in [0.5, 0.6) is 0 Å². The lowest BCUT2D eigenvalue weighted by atomic mass is 10.0. The molecule has 7 nitrogen and oxygen atoms in total. The number of carbonyl (C=O) groups is 2. The molecular formula is C17H33N3O4. The number of amides is 2. The second-order valence-corrected chi connectivity index (χ2v) is 7.83. The molecule has 1 N–H and O–H groups in total. The van der Waals surface area contributed by atoms with Crippen molar-refractivity contribution in [1.82, 2.24) is 15.1 Å². The highest BCUT2D eigenvalue weighted by molar-refractivity contribution is 5.77. The van der Waals surface area contributed by atoms with Crippen molar-refractivity contribution in [1.29, 1.82) is 0 Å². The molecule has 1 aliphatic heterocycles. The summed E-state index contributed by atoms with van der Waals surface area (Å²) in [5.41, 5.74) is -0.814. The Hall–Kier alpha value is -1.34. The quantitative estimate of drug-likeness (QED) is 0.791. The van der Waals surface area contributed by atoms with Crippen molar-refractivity contribution in [2.24, 2.45) is 0 Å². The molecule has 0 unspecified atom stereocenters. The maximum absolute atomic E-state index is 12.4. The maximum atomic E-state index is 12.4. The molecule has 1 heterocycles. The van der Waals surface area contributed by atoms with E-state index in [1.165, 1.54) is 0 Å². The minimum atomic E-state index is -0.537. The lowest BCUT2D eigenvalue weighted by Gasteiger charge is -2.41. The average molecular weight is 343 g/mol. The van der Waals surface area contributed by atoms with Crippen LogP contribution in [0.1, 0.15) is 41.0 Å². The van der Waals surface area contributed by atoms with Crippen LogP contribution in [0.4, 0.5) is 4.79 Å².